The molecule has 0 aliphatic carbocycles. The third-order valence-corrected chi connectivity index (χ3v) is 3.44. The zero-order valence-corrected chi connectivity index (χ0v) is 10.0. The van der Waals surface area contributed by atoms with Crippen molar-refractivity contribution < 1.29 is 13.2 Å². The van der Waals surface area contributed by atoms with Gasteiger partial charge in [-0.15, -0.1) is 0 Å². The molecule has 0 fully saturated rings. The predicted octanol–water partition coefficient (Wildman–Crippen LogP) is 3.90. The Balaban J connectivity index is 2.10. The Hall–Kier alpha value is -1.81. The van der Waals surface area contributed by atoms with Gasteiger partial charge < -0.3 is 5.32 Å². The lowest BCUT2D eigenvalue weighted by Gasteiger charge is -2.18. The Morgan fingerprint density at radius 1 is 0.895 bits per heavy atom. The van der Waals surface area contributed by atoms with E-state index in [0.29, 0.717) is 12.1 Å². The largest absolute Gasteiger partial charge is 0.416 e. The van der Waals surface area contributed by atoms with Crippen LogP contribution in [0.4, 0.5) is 13.2 Å². The molecule has 0 saturated heterocycles. The van der Waals surface area contributed by atoms with Gasteiger partial charge in [0.1, 0.15) is 0 Å². The van der Waals surface area contributed by atoms with Crippen LogP contribution in [-0.4, -0.2) is 0 Å². The smallest absolute Gasteiger partial charge is 0.302 e. The summed E-state index contributed by atoms with van der Waals surface area (Å²) < 4.78 is 39.2. The Morgan fingerprint density at radius 3 is 2.26 bits per heavy atom. The Labute approximate surface area is 109 Å². The van der Waals surface area contributed by atoms with E-state index in [1.165, 1.54) is 6.07 Å². The molecule has 0 spiro atoms. The van der Waals surface area contributed by atoms with Gasteiger partial charge in [0.15, 0.2) is 0 Å². The molecule has 4 heteroatoms. The van der Waals surface area contributed by atoms with Crippen LogP contribution in [0.5, 0.6) is 0 Å². The molecule has 2 aromatic carbocycles. The number of nitrogens with one attached hydrogen (secondary N) is 1. The highest BCUT2D eigenvalue weighted by atomic mass is 19.4. The maximum absolute atomic E-state index is 13.1. The van der Waals surface area contributed by atoms with E-state index in [9.17, 15) is 13.2 Å². The molecular formula is C15H12F3N. The minimum Gasteiger partial charge on any atom is -0.302 e. The van der Waals surface area contributed by atoms with Crippen LogP contribution >= 0.6 is 0 Å². The highest BCUT2D eigenvalue weighted by molar-refractivity contribution is 5.44. The van der Waals surface area contributed by atoms with Crippen LogP contribution in [0.25, 0.3) is 0 Å². The van der Waals surface area contributed by atoms with Crippen LogP contribution < -0.4 is 5.32 Å². The molecule has 0 aromatic heterocycles. The fourth-order valence-electron chi connectivity index (χ4n) is 2.58. The Morgan fingerprint density at radius 2 is 1.53 bits per heavy atom. The van der Waals surface area contributed by atoms with Crippen LogP contribution in [0.3, 0.4) is 0 Å². The van der Waals surface area contributed by atoms with Gasteiger partial charge in [0.2, 0.25) is 0 Å². The van der Waals surface area contributed by atoms with E-state index in [1.54, 1.807) is 12.1 Å². The normalized spacial score (nSPS) is 18.4. The van der Waals surface area contributed by atoms with E-state index in [2.05, 4.69) is 5.32 Å². The maximum Gasteiger partial charge on any atom is 0.416 e. The minimum absolute atomic E-state index is 0.292. The van der Waals surface area contributed by atoms with Crippen molar-refractivity contribution in [2.24, 2.45) is 0 Å². The van der Waals surface area contributed by atoms with Gasteiger partial charge in [0.05, 0.1) is 11.6 Å². The zero-order valence-electron chi connectivity index (χ0n) is 10.0. The molecule has 2 aromatic rings. The third kappa shape index (κ3) is 2.12. The number of fused-ring (bicyclic) bond motifs is 1. The average molecular weight is 263 g/mol. The second-order valence-corrected chi connectivity index (χ2v) is 4.60. The molecule has 0 radical (unpaired) electrons. The Bertz CT molecular complexity index is 604. The summed E-state index contributed by atoms with van der Waals surface area (Å²) in [6.07, 6.45) is -4.32. The molecule has 1 aliphatic heterocycles. The fraction of sp³-hybridized carbons (Fsp3) is 0.200. The van der Waals surface area contributed by atoms with Crippen molar-refractivity contribution in [1.82, 2.24) is 5.32 Å². The topological polar surface area (TPSA) is 12.0 Å². The van der Waals surface area contributed by atoms with Crippen LogP contribution in [0.2, 0.25) is 0 Å². The lowest BCUT2D eigenvalue weighted by atomic mass is 9.94. The molecule has 1 N–H and O–H groups in total. The van der Waals surface area contributed by atoms with Crippen molar-refractivity contribution in [3.05, 3.63) is 70.8 Å². The zero-order chi connectivity index (χ0) is 13.5. The molecule has 19 heavy (non-hydrogen) atoms. The first-order valence-corrected chi connectivity index (χ1v) is 6.04. The molecule has 1 heterocycles. The van der Waals surface area contributed by atoms with Crippen molar-refractivity contribution in [1.29, 1.82) is 0 Å². The second-order valence-electron chi connectivity index (χ2n) is 4.60. The molecule has 1 nitrogen and oxygen atoms in total. The molecule has 1 aliphatic rings. The summed E-state index contributed by atoms with van der Waals surface area (Å²) in [7, 11) is 0. The molecule has 0 saturated carbocycles. The molecule has 98 valence electrons. The van der Waals surface area contributed by atoms with Crippen LogP contribution in [0.1, 0.15) is 28.3 Å². The number of hydrogen-bond acceptors (Lipinski definition) is 1. The first-order valence-electron chi connectivity index (χ1n) is 6.04. The number of alkyl halides is 3. The fourth-order valence-corrected chi connectivity index (χ4v) is 2.58. The number of hydrogen-bond donors (Lipinski definition) is 1. The lowest BCUT2D eigenvalue weighted by Crippen LogP contribution is -2.18. The second kappa shape index (κ2) is 4.38. The maximum atomic E-state index is 13.1. The molecule has 1 atom stereocenters. The average Bonchev–Trinajstić information content (AvgIpc) is 2.81. The van der Waals surface area contributed by atoms with E-state index in [1.807, 2.05) is 24.3 Å². The van der Waals surface area contributed by atoms with E-state index >= 15 is 0 Å². The summed E-state index contributed by atoms with van der Waals surface area (Å²) >= 11 is 0. The van der Waals surface area contributed by atoms with Crippen molar-refractivity contribution in [2.75, 3.05) is 0 Å². The van der Waals surface area contributed by atoms with Crippen molar-refractivity contribution in [3.8, 4) is 0 Å². The van der Waals surface area contributed by atoms with Gasteiger partial charge in [-0.3, -0.25) is 0 Å². The van der Waals surface area contributed by atoms with E-state index in [-0.39, 0.29) is 6.04 Å². The van der Waals surface area contributed by atoms with Crippen molar-refractivity contribution in [3.63, 3.8) is 0 Å². The van der Waals surface area contributed by atoms with Gasteiger partial charge in [-0.2, -0.15) is 13.2 Å². The summed E-state index contributed by atoms with van der Waals surface area (Å²) in [4.78, 5) is 0. The Kier molecular flexibility index (Phi) is 2.82. The lowest BCUT2D eigenvalue weighted by molar-refractivity contribution is -0.138. The van der Waals surface area contributed by atoms with Gasteiger partial charge in [-0.05, 0) is 22.8 Å². The molecular weight excluding hydrogens is 251 g/mol. The standard InChI is InChI=1S/C15H12F3N/c16-15(17,18)13-8-4-3-7-12(13)14-11-6-2-1-5-10(11)9-19-14/h1-8,14,19H,9H2. The summed E-state index contributed by atoms with van der Waals surface area (Å²) in [6, 6.07) is 13.0. The van der Waals surface area contributed by atoms with Crippen molar-refractivity contribution >= 4 is 0 Å². The quantitative estimate of drug-likeness (QED) is 0.822. The number of halogens is 3. The number of rotatable bonds is 1. The van der Waals surface area contributed by atoms with Gasteiger partial charge in [-0.25, -0.2) is 0 Å². The summed E-state index contributed by atoms with van der Waals surface area (Å²) in [5, 5.41) is 3.15. The van der Waals surface area contributed by atoms with Crippen LogP contribution in [0, 0.1) is 0 Å². The molecule has 0 bridgehead atoms. The predicted molar refractivity (Wildman–Crippen MR) is 66.6 cm³/mol. The SMILES string of the molecule is FC(F)(F)c1ccccc1C1NCc2ccccc21. The monoisotopic (exact) mass is 263 g/mol. The van der Waals surface area contributed by atoms with Gasteiger partial charge in [-0.1, -0.05) is 42.5 Å². The number of benzene rings is 2. The third-order valence-electron chi connectivity index (χ3n) is 3.44. The summed E-state index contributed by atoms with van der Waals surface area (Å²) in [5.74, 6) is 0. The van der Waals surface area contributed by atoms with Gasteiger partial charge in [0.25, 0.3) is 0 Å². The van der Waals surface area contributed by atoms with E-state index < -0.39 is 11.7 Å². The molecule has 1 unspecified atom stereocenters. The van der Waals surface area contributed by atoms with Crippen LogP contribution in [0.15, 0.2) is 48.5 Å². The van der Waals surface area contributed by atoms with Gasteiger partial charge in [0, 0.05) is 6.54 Å². The molecule has 0 amide bonds. The highest BCUT2D eigenvalue weighted by Gasteiger charge is 2.36. The first kappa shape index (κ1) is 12.2. The summed E-state index contributed by atoms with van der Waals surface area (Å²) in [6.45, 7) is 0.604. The first-order chi connectivity index (χ1) is 9.07. The molecule has 3 rings (SSSR count). The minimum atomic E-state index is -4.32. The van der Waals surface area contributed by atoms with Gasteiger partial charge >= 0.3 is 6.18 Å². The van der Waals surface area contributed by atoms with Crippen molar-refractivity contribution in [2.45, 2.75) is 18.8 Å². The van der Waals surface area contributed by atoms with E-state index in [4.69, 9.17) is 0 Å². The highest BCUT2D eigenvalue weighted by Crippen LogP contribution is 2.39. The van der Waals surface area contributed by atoms with Crippen LogP contribution in [-0.2, 0) is 12.7 Å². The van der Waals surface area contributed by atoms with E-state index in [0.717, 1.165) is 17.2 Å². The summed E-state index contributed by atoms with van der Waals surface area (Å²) in [5.41, 5.74) is 1.72.